The Bertz CT molecular complexity index is 660. The Morgan fingerprint density at radius 2 is 2.00 bits per heavy atom. The number of likely N-dealkylation sites (tertiary alicyclic amines) is 1. The van der Waals surface area contributed by atoms with E-state index in [0.717, 1.165) is 60.7 Å². The number of ether oxygens (including phenoxy) is 2. The average Bonchev–Trinajstić information content (AvgIpc) is 3.22. The molecule has 0 N–H and O–H groups in total. The fraction of sp³-hybridized carbons (Fsp3) is 0.667. The second kappa shape index (κ2) is 7.41. The lowest BCUT2D eigenvalue weighted by Crippen LogP contribution is -2.42. The predicted molar refractivity (Wildman–Crippen MR) is 107 cm³/mol. The molecular weight excluding hydrogens is 394 g/mol. The summed E-state index contributed by atoms with van der Waals surface area (Å²) in [5.41, 5.74) is 1.17. The first-order chi connectivity index (χ1) is 12.2. The highest BCUT2D eigenvalue weighted by molar-refractivity contribution is 9.10. The summed E-state index contributed by atoms with van der Waals surface area (Å²) in [6.45, 7) is 10.2. The number of benzene rings is 1. The van der Waals surface area contributed by atoms with Crippen molar-refractivity contribution in [2.45, 2.75) is 59.0 Å². The maximum Gasteiger partial charge on any atom is 0.410 e. The van der Waals surface area contributed by atoms with Gasteiger partial charge >= 0.3 is 6.09 Å². The Morgan fingerprint density at radius 1 is 1.31 bits per heavy atom. The molecule has 1 heterocycles. The summed E-state index contributed by atoms with van der Waals surface area (Å²) < 4.78 is 12.6. The van der Waals surface area contributed by atoms with Crippen LogP contribution in [0.25, 0.3) is 0 Å². The average molecular weight is 424 g/mol. The van der Waals surface area contributed by atoms with Crippen LogP contribution in [0.15, 0.2) is 22.7 Å². The zero-order valence-corrected chi connectivity index (χ0v) is 17.9. The van der Waals surface area contributed by atoms with E-state index in [1.807, 2.05) is 43.9 Å². The molecule has 2 fully saturated rings. The van der Waals surface area contributed by atoms with Gasteiger partial charge in [-0.25, -0.2) is 4.79 Å². The second-order valence-corrected chi connectivity index (χ2v) is 9.59. The highest BCUT2D eigenvalue weighted by Crippen LogP contribution is 2.60. The lowest BCUT2D eigenvalue weighted by atomic mass is 9.90. The number of hydrogen-bond donors (Lipinski definition) is 0. The van der Waals surface area contributed by atoms with Crippen LogP contribution < -0.4 is 4.74 Å². The molecule has 3 rings (SSSR count). The first-order valence-electron chi connectivity index (χ1n) is 9.56. The number of carbonyl (C=O) groups excluding carboxylic acids is 1. The van der Waals surface area contributed by atoms with Crippen molar-refractivity contribution in [3.63, 3.8) is 0 Å². The van der Waals surface area contributed by atoms with Crippen LogP contribution in [-0.2, 0) is 4.74 Å². The third-order valence-electron chi connectivity index (χ3n) is 5.71. The second-order valence-electron chi connectivity index (χ2n) is 8.73. The molecule has 0 bridgehead atoms. The van der Waals surface area contributed by atoms with Gasteiger partial charge < -0.3 is 14.4 Å². The minimum absolute atomic E-state index is 0.169. The summed E-state index contributed by atoms with van der Waals surface area (Å²) in [5.74, 6) is 1.70. The predicted octanol–water partition coefficient (Wildman–Crippen LogP) is 5.56. The molecule has 0 aromatic heterocycles. The number of amides is 1. The minimum atomic E-state index is -0.420. The van der Waals surface area contributed by atoms with Crippen LogP contribution in [0.1, 0.15) is 52.0 Å². The molecule has 144 valence electrons. The van der Waals surface area contributed by atoms with Crippen molar-refractivity contribution in [2.24, 2.45) is 11.3 Å². The normalized spacial score (nSPS) is 21.6. The van der Waals surface area contributed by atoms with Crippen molar-refractivity contribution in [1.29, 1.82) is 0 Å². The van der Waals surface area contributed by atoms with Gasteiger partial charge in [-0.05, 0) is 76.8 Å². The molecule has 2 aliphatic rings. The minimum Gasteiger partial charge on any atom is -0.493 e. The lowest BCUT2D eigenvalue weighted by Gasteiger charge is -2.34. The summed E-state index contributed by atoms with van der Waals surface area (Å²) in [4.78, 5) is 14.1. The quantitative estimate of drug-likeness (QED) is 0.635. The molecule has 1 saturated carbocycles. The van der Waals surface area contributed by atoms with E-state index in [-0.39, 0.29) is 6.09 Å². The van der Waals surface area contributed by atoms with E-state index in [1.165, 1.54) is 6.42 Å². The fourth-order valence-corrected chi connectivity index (χ4v) is 4.32. The number of rotatable bonds is 4. The molecule has 1 spiro atoms. The summed E-state index contributed by atoms with van der Waals surface area (Å²) in [6.07, 6.45) is 4.38. The molecule has 1 aromatic rings. The lowest BCUT2D eigenvalue weighted by molar-refractivity contribution is 0.0163. The third-order valence-corrected chi connectivity index (χ3v) is 6.57. The van der Waals surface area contributed by atoms with Crippen molar-refractivity contribution in [3.8, 4) is 5.75 Å². The Labute approximate surface area is 165 Å². The number of hydrogen-bond acceptors (Lipinski definition) is 3. The van der Waals surface area contributed by atoms with Crippen LogP contribution in [0, 0.1) is 18.3 Å². The smallest absolute Gasteiger partial charge is 0.410 e. The van der Waals surface area contributed by atoms with Gasteiger partial charge in [0, 0.05) is 23.1 Å². The Kier molecular flexibility index (Phi) is 5.57. The maximum atomic E-state index is 12.2. The summed E-state index contributed by atoms with van der Waals surface area (Å²) in [7, 11) is 0. The van der Waals surface area contributed by atoms with E-state index in [9.17, 15) is 4.79 Å². The van der Waals surface area contributed by atoms with Gasteiger partial charge in [0.15, 0.2) is 0 Å². The van der Waals surface area contributed by atoms with Crippen LogP contribution >= 0.6 is 15.9 Å². The summed E-state index contributed by atoms with van der Waals surface area (Å²) in [6, 6.07) is 6.08. The molecule has 1 amide bonds. The third kappa shape index (κ3) is 4.54. The van der Waals surface area contributed by atoms with Gasteiger partial charge in [0.05, 0.1) is 6.61 Å². The Hall–Kier alpha value is -1.23. The molecular formula is C21H30BrNO3. The molecule has 5 heteroatoms. The van der Waals surface area contributed by atoms with Gasteiger partial charge in [0.1, 0.15) is 11.4 Å². The van der Waals surface area contributed by atoms with E-state index in [1.54, 1.807) is 0 Å². The molecule has 1 unspecified atom stereocenters. The molecule has 1 aliphatic carbocycles. The summed E-state index contributed by atoms with van der Waals surface area (Å²) in [5, 5.41) is 0. The van der Waals surface area contributed by atoms with Crippen LogP contribution in [0.4, 0.5) is 4.79 Å². The van der Waals surface area contributed by atoms with Gasteiger partial charge in [-0.2, -0.15) is 0 Å². The van der Waals surface area contributed by atoms with Crippen molar-refractivity contribution >= 4 is 22.0 Å². The first kappa shape index (κ1) is 19.5. The van der Waals surface area contributed by atoms with Crippen LogP contribution in [0.2, 0.25) is 0 Å². The number of piperidine rings is 1. The Balaban J connectivity index is 1.42. The van der Waals surface area contributed by atoms with E-state index in [4.69, 9.17) is 9.47 Å². The maximum absolute atomic E-state index is 12.2. The summed E-state index contributed by atoms with van der Waals surface area (Å²) >= 11 is 3.55. The first-order valence-corrected chi connectivity index (χ1v) is 10.4. The zero-order valence-electron chi connectivity index (χ0n) is 16.3. The monoisotopic (exact) mass is 423 g/mol. The molecule has 0 radical (unpaired) electrons. The molecule has 4 nitrogen and oxygen atoms in total. The molecule has 1 aromatic carbocycles. The highest BCUT2D eigenvalue weighted by Gasteiger charge is 2.54. The van der Waals surface area contributed by atoms with E-state index in [0.29, 0.717) is 5.41 Å². The topological polar surface area (TPSA) is 38.8 Å². The molecule has 26 heavy (non-hydrogen) atoms. The standard InChI is InChI=1S/C21H30BrNO3/c1-15-17(22)6-5-7-18(15)25-13-8-16-14-21(16)9-11-23(12-10-21)19(24)26-20(2,3)4/h5-7,16H,8-14H2,1-4H3. The molecule has 1 aliphatic heterocycles. The van der Waals surface area contributed by atoms with Gasteiger partial charge in [0.25, 0.3) is 0 Å². The Morgan fingerprint density at radius 3 is 2.65 bits per heavy atom. The number of carbonyl (C=O) groups is 1. The van der Waals surface area contributed by atoms with Gasteiger partial charge in [-0.3, -0.25) is 0 Å². The van der Waals surface area contributed by atoms with E-state index >= 15 is 0 Å². The van der Waals surface area contributed by atoms with Crippen molar-refractivity contribution < 1.29 is 14.3 Å². The van der Waals surface area contributed by atoms with Crippen LogP contribution in [-0.4, -0.2) is 36.3 Å². The highest BCUT2D eigenvalue weighted by atomic mass is 79.9. The van der Waals surface area contributed by atoms with Gasteiger partial charge in [-0.1, -0.05) is 22.0 Å². The van der Waals surface area contributed by atoms with Crippen LogP contribution in [0.5, 0.6) is 5.75 Å². The van der Waals surface area contributed by atoms with Crippen molar-refractivity contribution in [3.05, 3.63) is 28.2 Å². The molecule has 1 saturated heterocycles. The number of halogens is 1. The van der Waals surface area contributed by atoms with E-state index in [2.05, 4.69) is 22.9 Å². The SMILES string of the molecule is Cc1c(Br)cccc1OCCC1CC12CCN(C(=O)OC(C)(C)C)CC2. The largest absolute Gasteiger partial charge is 0.493 e. The van der Waals surface area contributed by atoms with Crippen molar-refractivity contribution in [1.82, 2.24) is 4.90 Å². The van der Waals surface area contributed by atoms with E-state index < -0.39 is 5.60 Å². The van der Waals surface area contributed by atoms with Gasteiger partial charge in [0.2, 0.25) is 0 Å². The number of nitrogens with zero attached hydrogens (tertiary/aromatic N) is 1. The zero-order chi connectivity index (χ0) is 18.9. The van der Waals surface area contributed by atoms with Crippen molar-refractivity contribution in [2.75, 3.05) is 19.7 Å². The van der Waals surface area contributed by atoms with Crippen LogP contribution in [0.3, 0.4) is 0 Å². The van der Waals surface area contributed by atoms with Gasteiger partial charge in [-0.15, -0.1) is 0 Å². The fourth-order valence-electron chi connectivity index (χ4n) is 3.97. The molecule has 1 atom stereocenters.